The largest absolute Gasteiger partial charge is 0.494 e. The molecule has 0 amide bonds. The van der Waals surface area contributed by atoms with Crippen molar-refractivity contribution in [1.29, 1.82) is 5.26 Å². The molecule has 0 aliphatic carbocycles. The Bertz CT molecular complexity index is 2050. The van der Waals surface area contributed by atoms with E-state index in [9.17, 15) is 9.59 Å². The molecule has 0 unspecified atom stereocenters. The predicted molar refractivity (Wildman–Crippen MR) is 216 cm³/mol. The monoisotopic (exact) mass is 734 g/mol. The first-order valence-corrected chi connectivity index (χ1v) is 18.9. The summed E-state index contributed by atoms with van der Waals surface area (Å²) in [5, 5.41) is 17.3. The lowest BCUT2D eigenvalue weighted by molar-refractivity contribution is 0.0725. The number of unbranched alkanes of at least 4 members (excludes halogenated alkanes) is 9. The summed E-state index contributed by atoms with van der Waals surface area (Å²) in [4.78, 5) is 30.1. The molecule has 0 heterocycles. The molecule has 0 saturated carbocycles. The van der Waals surface area contributed by atoms with Crippen LogP contribution in [0, 0.1) is 11.3 Å². The molecule has 0 atom stereocenters. The summed E-state index contributed by atoms with van der Waals surface area (Å²) in [6.45, 7) is 2.92. The Morgan fingerprint density at radius 3 is 1.71 bits per heavy atom. The van der Waals surface area contributed by atoms with Gasteiger partial charge in [-0.3, -0.25) is 4.99 Å². The maximum Gasteiger partial charge on any atom is 0.343 e. The second-order valence-corrected chi connectivity index (χ2v) is 13.1. The molecule has 0 N–H and O–H groups in total. The number of nitriles is 1. The van der Waals surface area contributed by atoms with E-state index in [0.29, 0.717) is 51.9 Å². The zero-order chi connectivity index (χ0) is 38.5. The number of ether oxygens (including phenoxy) is 3. The van der Waals surface area contributed by atoms with Crippen molar-refractivity contribution < 1.29 is 23.8 Å². The first kappa shape index (κ1) is 39.8. The highest BCUT2D eigenvalue weighted by Gasteiger charge is 2.11. The number of esters is 2. The molecule has 9 heteroatoms. The number of rotatable bonds is 20. The van der Waals surface area contributed by atoms with E-state index < -0.39 is 11.9 Å². The van der Waals surface area contributed by atoms with Gasteiger partial charge in [-0.1, -0.05) is 70.8 Å². The quantitative estimate of drug-likeness (QED) is 0.0258. The molecular formula is C46H46N4O5. The standard InChI is InChI=1S/C46H46N4O5/c1-2-3-4-5-6-7-8-9-10-11-31-53-42-27-19-37(20-28-42)45(51)54-43-25-17-36(18-26-43)34-48-41-14-12-13-38(32-41)46(52)55-44-29-23-40(24-30-44)50-49-39-21-15-35(33-47)16-22-39/h12-30,32,34H,2-11,31H2,1H3. The molecule has 0 bridgehead atoms. The molecule has 5 aromatic carbocycles. The Labute approximate surface area is 323 Å². The summed E-state index contributed by atoms with van der Waals surface area (Å²) in [5.74, 6) is 0.536. The van der Waals surface area contributed by atoms with Crippen LogP contribution in [0.15, 0.2) is 137 Å². The number of aliphatic imine (C=N–C) groups is 1. The molecule has 5 rings (SSSR count). The van der Waals surface area contributed by atoms with Crippen molar-refractivity contribution >= 4 is 35.2 Å². The van der Waals surface area contributed by atoms with Crippen molar-refractivity contribution in [2.75, 3.05) is 6.61 Å². The number of carbonyl (C=O) groups is 2. The van der Waals surface area contributed by atoms with Gasteiger partial charge < -0.3 is 14.2 Å². The van der Waals surface area contributed by atoms with E-state index in [2.05, 4.69) is 28.2 Å². The smallest absolute Gasteiger partial charge is 0.343 e. The van der Waals surface area contributed by atoms with Crippen molar-refractivity contribution in [2.24, 2.45) is 15.2 Å². The van der Waals surface area contributed by atoms with E-state index in [0.717, 1.165) is 17.7 Å². The van der Waals surface area contributed by atoms with Crippen molar-refractivity contribution in [3.8, 4) is 23.3 Å². The maximum atomic E-state index is 12.9. The second kappa shape index (κ2) is 22.0. The second-order valence-electron chi connectivity index (χ2n) is 13.1. The van der Waals surface area contributed by atoms with Crippen LogP contribution in [0.2, 0.25) is 0 Å². The Morgan fingerprint density at radius 1 is 0.582 bits per heavy atom. The average molecular weight is 735 g/mol. The summed E-state index contributed by atoms with van der Waals surface area (Å²) >= 11 is 0. The molecule has 0 fully saturated rings. The predicted octanol–water partition coefficient (Wildman–Crippen LogP) is 12.5. The van der Waals surface area contributed by atoms with Gasteiger partial charge in [0.05, 0.1) is 46.4 Å². The molecule has 0 aromatic heterocycles. The molecule has 55 heavy (non-hydrogen) atoms. The van der Waals surface area contributed by atoms with E-state index in [1.807, 2.05) is 0 Å². The third-order valence-corrected chi connectivity index (χ3v) is 8.72. The van der Waals surface area contributed by atoms with Gasteiger partial charge in [0.2, 0.25) is 0 Å². The van der Waals surface area contributed by atoms with Gasteiger partial charge in [-0.05, 0) is 127 Å². The molecular weight excluding hydrogens is 689 g/mol. The number of azo groups is 1. The molecule has 5 aromatic rings. The maximum absolute atomic E-state index is 12.9. The van der Waals surface area contributed by atoms with Crippen molar-refractivity contribution in [3.05, 3.63) is 144 Å². The van der Waals surface area contributed by atoms with Crippen LogP contribution in [-0.2, 0) is 0 Å². The molecule has 0 spiro atoms. The lowest BCUT2D eigenvalue weighted by Crippen LogP contribution is -2.08. The van der Waals surface area contributed by atoms with Gasteiger partial charge >= 0.3 is 11.9 Å². The summed E-state index contributed by atoms with van der Waals surface area (Å²) in [7, 11) is 0. The van der Waals surface area contributed by atoms with Crippen molar-refractivity contribution in [1.82, 2.24) is 0 Å². The van der Waals surface area contributed by atoms with Crippen molar-refractivity contribution in [2.45, 2.75) is 71.1 Å². The van der Waals surface area contributed by atoms with Gasteiger partial charge in [0, 0.05) is 6.21 Å². The van der Waals surface area contributed by atoms with E-state index in [4.69, 9.17) is 19.5 Å². The summed E-state index contributed by atoms with van der Waals surface area (Å²) in [6, 6.07) is 36.3. The minimum atomic E-state index is -0.526. The van der Waals surface area contributed by atoms with E-state index in [-0.39, 0.29) is 0 Å². The van der Waals surface area contributed by atoms with Gasteiger partial charge in [-0.2, -0.15) is 15.5 Å². The normalized spacial score (nSPS) is 11.1. The average Bonchev–Trinajstić information content (AvgIpc) is 3.22. The Morgan fingerprint density at radius 2 is 1.11 bits per heavy atom. The zero-order valence-corrected chi connectivity index (χ0v) is 31.2. The van der Waals surface area contributed by atoms with Crippen LogP contribution in [0.25, 0.3) is 0 Å². The van der Waals surface area contributed by atoms with Crippen LogP contribution < -0.4 is 14.2 Å². The zero-order valence-electron chi connectivity index (χ0n) is 31.2. The Hall–Kier alpha value is -6.40. The molecule has 0 saturated heterocycles. The lowest BCUT2D eigenvalue weighted by atomic mass is 10.1. The minimum Gasteiger partial charge on any atom is -0.494 e. The van der Waals surface area contributed by atoms with E-state index in [1.54, 1.807) is 128 Å². The molecule has 0 aliphatic rings. The number of hydrogen-bond acceptors (Lipinski definition) is 9. The first-order valence-electron chi connectivity index (χ1n) is 18.9. The fraction of sp³-hybridized carbons (Fsp3) is 0.261. The van der Waals surface area contributed by atoms with Crippen LogP contribution in [0.3, 0.4) is 0 Å². The first-order chi connectivity index (χ1) is 27.0. The Kier molecular flexibility index (Phi) is 15.9. The highest BCUT2D eigenvalue weighted by molar-refractivity contribution is 5.93. The highest BCUT2D eigenvalue weighted by Crippen LogP contribution is 2.24. The summed E-state index contributed by atoms with van der Waals surface area (Å²) in [5.41, 5.74) is 3.88. The van der Waals surface area contributed by atoms with Gasteiger partial charge in [0.25, 0.3) is 0 Å². The van der Waals surface area contributed by atoms with E-state index in [1.165, 1.54) is 57.8 Å². The molecule has 0 aliphatic heterocycles. The van der Waals surface area contributed by atoms with Crippen molar-refractivity contribution in [3.63, 3.8) is 0 Å². The number of carbonyl (C=O) groups excluding carboxylic acids is 2. The third kappa shape index (κ3) is 13.8. The van der Waals surface area contributed by atoms with Crippen LogP contribution in [-0.4, -0.2) is 24.8 Å². The summed E-state index contributed by atoms with van der Waals surface area (Å²) in [6.07, 6.45) is 14.5. The minimum absolute atomic E-state index is 0.343. The number of benzene rings is 5. The lowest BCUT2D eigenvalue weighted by Gasteiger charge is -2.08. The van der Waals surface area contributed by atoms with Crippen LogP contribution in [0.1, 0.15) is 103 Å². The number of nitrogens with zero attached hydrogens (tertiary/aromatic N) is 4. The van der Waals surface area contributed by atoms with Gasteiger partial charge in [-0.25, -0.2) is 9.59 Å². The SMILES string of the molecule is CCCCCCCCCCCCOc1ccc(C(=O)Oc2ccc(C=Nc3cccc(C(=O)Oc4ccc(N=Nc5ccc(C#N)cc5)cc4)c3)cc2)cc1. The van der Waals surface area contributed by atoms with Gasteiger partial charge in [0.15, 0.2) is 0 Å². The van der Waals surface area contributed by atoms with Gasteiger partial charge in [-0.15, -0.1) is 0 Å². The highest BCUT2D eigenvalue weighted by atomic mass is 16.5. The fourth-order valence-electron chi connectivity index (χ4n) is 5.58. The molecule has 9 nitrogen and oxygen atoms in total. The van der Waals surface area contributed by atoms with Crippen LogP contribution >= 0.6 is 0 Å². The molecule has 0 radical (unpaired) electrons. The van der Waals surface area contributed by atoms with Crippen LogP contribution in [0.5, 0.6) is 17.2 Å². The van der Waals surface area contributed by atoms with Crippen LogP contribution in [0.4, 0.5) is 17.1 Å². The summed E-state index contributed by atoms with van der Waals surface area (Å²) < 4.78 is 17.0. The third-order valence-electron chi connectivity index (χ3n) is 8.72. The fourth-order valence-corrected chi connectivity index (χ4v) is 5.58. The Balaban J connectivity index is 1.03. The van der Waals surface area contributed by atoms with E-state index >= 15 is 0 Å². The molecule has 280 valence electrons. The topological polar surface area (TPSA) is 123 Å². The van der Waals surface area contributed by atoms with Gasteiger partial charge in [0.1, 0.15) is 17.2 Å². The number of hydrogen-bond donors (Lipinski definition) is 0.